The number of allylic oxidation sites excluding steroid dienone is 8. The van der Waals surface area contributed by atoms with Gasteiger partial charge in [0.05, 0.1) is 0 Å². The molecule has 0 N–H and O–H groups in total. The molecule has 0 fully saturated rings. The van der Waals surface area contributed by atoms with Gasteiger partial charge in [0.1, 0.15) is 13.2 Å². The Morgan fingerprint density at radius 3 is 1.22 bits per heavy atom. The third kappa shape index (κ3) is 38.4. The van der Waals surface area contributed by atoms with Crippen molar-refractivity contribution in [2.45, 2.75) is 207 Å². The van der Waals surface area contributed by atoms with Gasteiger partial charge in [0.15, 0.2) is 6.10 Å². The van der Waals surface area contributed by atoms with Crippen LogP contribution < -0.4 is 0 Å². The van der Waals surface area contributed by atoms with Crippen LogP contribution in [0.5, 0.6) is 0 Å². The van der Waals surface area contributed by atoms with Gasteiger partial charge in [-0.05, 0) is 70.6 Å². The SMILES string of the molecule is CC/C=C\C/C=C\CCCCCCCCCC(=O)OCC(COC(=O)CCCC/C=C\C/C=C\CC)OC(=O)CCCCCCCCCCCC. The lowest BCUT2D eigenvalue weighted by Gasteiger charge is -2.18. The second kappa shape index (κ2) is 40.1. The second-order valence-electron chi connectivity index (χ2n) is 13.8. The first-order valence-corrected chi connectivity index (χ1v) is 21.1. The molecule has 0 heterocycles. The highest BCUT2D eigenvalue weighted by Gasteiger charge is 2.19. The molecule has 0 radical (unpaired) electrons. The molecular formula is C45H78O6. The fourth-order valence-corrected chi connectivity index (χ4v) is 5.69. The van der Waals surface area contributed by atoms with Crippen molar-refractivity contribution in [3.63, 3.8) is 0 Å². The van der Waals surface area contributed by atoms with Crippen LogP contribution in [0.15, 0.2) is 48.6 Å². The Morgan fingerprint density at radius 1 is 0.412 bits per heavy atom. The Hall–Kier alpha value is -2.63. The van der Waals surface area contributed by atoms with E-state index in [1.165, 1.54) is 70.6 Å². The monoisotopic (exact) mass is 715 g/mol. The number of hydrogen-bond donors (Lipinski definition) is 0. The molecule has 6 heteroatoms. The minimum Gasteiger partial charge on any atom is -0.462 e. The lowest BCUT2D eigenvalue weighted by Crippen LogP contribution is -2.30. The Balaban J connectivity index is 4.38. The Kier molecular flexibility index (Phi) is 38.1. The van der Waals surface area contributed by atoms with Crippen molar-refractivity contribution < 1.29 is 28.6 Å². The molecule has 1 unspecified atom stereocenters. The third-order valence-corrected chi connectivity index (χ3v) is 8.83. The van der Waals surface area contributed by atoms with E-state index in [0.717, 1.165) is 89.9 Å². The Morgan fingerprint density at radius 2 is 0.765 bits per heavy atom. The molecule has 6 nitrogen and oxygen atoms in total. The van der Waals surface area contributed by atoms with Crippen molar-refractivity contribution in [2.75, 3.05) is 13.2 Å². The van der Waals surface area contributed by atoms with Gasteiger partial charge < -0.3 is 14.2 Å². The first-order chi connectivity index (χ1) is 25.0. The van der Waals surface area contributed by atoms with Crippen LogP contribution in [0.3, 0.4) is 0 Å². The minimum atomic E-state index is -0.782. The Labute approximate surface area is 314 Å². The van der Waals surface area contributed by atoms with Crippen LogP contribution in [0.4, 0.5) is 0 Å². The van der Waals surface area contributed by atoms with E-state index in [0.29, 0.717) is 19.3 Å². The number of carbonyl (C=O) groups is 3. The fraction of sp³-hybridized carbons (Fsp3) is 0.756. The molecule has 0 aromatic carbocycles. The molecule has 51 heavy (non-hydrogen) atoms. The molecule has 0 spiro atoms. The van der Waals surface area contributed by atoms with E-state index in [9.17, 15) is 14.4 Å². The van der Waals surface area contributed by atoms with Gasteiger partial charge in [0, 0.05) is 19.3 Å². The van der Waals surface area contributed by atoms with Crippen LogP contribution in [0.2, 0.25) is 0 Å². The van der Waals surface area contributed by atoms with Gasteiger partial charge in [-0.3, -0.25) is 14.4 Å². The van der Waals surface area contributed by atoms with Gasteiger partial charge in [-0.15, -0.1) is 0 Å². The van der Waals surface area contributed by atoms with Gasteiger partial charge in [-0.25, -0.2) is 0 Å². The summed E-state index contributed by atoms with van der Waals surface area (Å²) in [6.07, 6.45) is 45.3. The van der Waals surface area contributed by atoms with Crippen molar-refractivity contribution in [3.8, 4) is 0 Å². The third-order valence-electron chi connectivity index (χ3n) is 8.83. The second-order valence-corrected chi connectivity index (χ2v) is 13.8. The lowest BCUT2D eigenvalue weighted by molar-refractivity contribution is -0.167. The van der Waals surface area contributed by atoms with Crippen LogP contribution in [0, 0.1) is 0 Å². The molecule has 0 aromatic rings. The van der Waals surface area contributed by atoms with E-state index in [-0.39, 0.29) is 31.1 Å². The first-order valence-electron chi connectivity index (χ1n) is 21.1. The van der Waals surface area contributed by atoms with E-state index in [1.54, 1.807) is 0 Å². The molecule has 0 amide bonds. The minimum absolute atomic E-state index is 0.0868. The van der Waals surface area contributed by atoms with E-state index in [4.69, 9.17) is 14.2 Å². The quantitative estimate of drug-likeness (QED) is 0.0276. The summed E-state index contributed by atoms with van der Waals surface area (Å²) >= 11 is 0. The van der Waals surface area contributed by atoms with Gasteiger partial charge >= 0.3 is 17.9 Å². The number of rotatable bonds is 37. The molecule has 294 valence electrons. The maximum Gasteiger partial charge on any atom is 0.306 e. The highest BCUT2D eigenvalue weighted by atomic mass is 16.6. The molecule has 0 aliphatic heterocycles. The summed E-state index contributed by atoms with van der Waals surface area (Å²) in [5, 5.41) is 0. The number of esters is 3. The summed E-state index contributed by atoms with van der Waals surface area (Å²) in [5.41, 5.74) is 0. The summed E-state index contributed by atoms with van der Waals surface area (Å²) < 4.78 is 16.6. The summed E-state index contributed by atoms with van der Waals surface area (Å²) in [5.74, 6) is -0.938. The maximum atomic E-state index is 12.6. The van der Waals surface area contributed by atoms with Crippen LogP contribution in [-0.2, 0) is 28.6 Å². The van der Waals surface area contributed by atoms with E-state index in [1.807, 2.05) is 0 Å². The molecule has 0 rings (SSSR count). The molecule has 0 aromatic heterocycles. The highest BCUT2D eigenvalue weighted by Crippen LogP contribution is 2.14. The number of unbranched alkanes of at least 4 members (excludes halogenated alkanes) is 18. The van der Waals surface area contributed by atoms with E-state index >= 15 is 0 Å². The predicted octanol–water partition coefficient (Wildman–Crippen LogP) is 13.2. The number of carbonyl (C=O) groups excluding carboxylic acids is 3. The molecule has 0 bridgehead atoms. The molecule has 0 aliphatic carbocycles. The highest BCUT2D eigenvalue weighted by molar-refractivity contribution is 5.71. The van der Waals surface area contributed by atoms with E-state index < -0.39 is 6.10 Å². The van der Waals surface area contributed by atoms with Crippen molar-refractivity contribution in [1.82, 2.24) is 0 Å². The smallest absolute Gasteiger partial charge is 0.306 e. The molecule has 0 saturated heterocycles. The Bertz CT molecular complexity index is 918. The average Bonchev–Trinajstić information content (AvgIpc) is 3.12. The molecule has 0 saturated carbocycles. The predicted molar refractivity (Wildman–Crippen MR) is 215 cm³/mol. The zero-order valence-electron chi connectivity index (χ0n) is 33.4. The van der Waals surface area contributed by atoms with Crippen molar-refractivity contribution in [1.29, 1.82) is 0 Å². The van der Waals surface area contributed by atoms with Gasteiger partial charge in [0.2, 0.25) is 0 Å². The van der Waals surface area contributed by atoms with Crippen molar-refractivity contribution in [3.05, 3.63) is 48.6 Å². The van der Waals surface area contributed by atoms with Crippen LogP contribution in [0.1, 0.15) is 201 Å². The first kappa shape index (κ1) is 48.4. The van der Waals surface area contributed by atoms with E-state index in [2.05, 4.69) is 69.4 Å². The van der Waals surface area contributed by atoms with Crippen molar-refractivity contribution in [2.24, 2.45) is 0 Å². The van der Waals surface area contributed by atoms with Crippen LogP contribution >= 0.6 is 0 Å². The molecule has 1 atom stereocenters. The number of hydrogen-bond acceptors (Lipinski definition) is 6. The zero-order valence-corrected chi connectivity index (χ0v) is 33.4. The standard InChI is InChI=1S/C45H78O6/c1-4-7-10-13-16-19-21-22-23-24-27-29-32-35-38-44(47)50-41-42(40-49-43(46)37-34-31-28-25-18-15-12-9-6-3)51-45(48)39-36-33-30-26-20-17-14-11-8-5-2/h7,9-10,12,16,18-19,25,42H,4-6,8,11,13-15,17,20-24,26-41H2,1-3H3/b10-7-,12-9-,19-16-,25-18-. The maximum absolute atomic E-state index is 12.6. The van der Waals surface area contributed by atoms with Crippen LogP contribution in [0.25, 0.3) is 0 Å². The van der Waals surface area contributed by atoms with Gasteiger partial charge in [-0.2, -0.15) is 0 Å². The van der Waals surface area contributed by atoms with Gasteiger partial charge in [-0.1, -0.05) is 159 Å². The number of ether oxygens (including phenoxy) is 3. The largest absolute Gasteiger partial charge is 0.462 e. The molecule has 0 aliphatic rings. The topological polar surface area (TPSA) is 78.9 Å². The summed E-state index contributed by atoms with van der Waals surface area (Å²) in [6.45, 7) is 6.34. The van der Waals surface area contributed by atoms with Gasteiger partial charge in [0.25, 0.3) is 0 Å². The fourth-order valence-electron chi connectivity index (χ4n) is 5.69. The summed E-state index contributed by atoms with van der Waals surface area (Å²) in [6, 6.07) is 0. The molecular weight excluding hydrogens is 636 g/mol. The summed E-state index contributed by atoms with van der Waals surface area (Å²) in [4.78, 5) is 37.5. The summed E-state index contributed by atoms with van der Waals surface area (Å²) in [7, 11) is 0. The van der Waals surface area contributed by atoms with Crippen LogP contribution in [-0.4, -0.2) is 37.2 Å². The zero-order chi connectivity index (χ0) is 37.3. The normalized spacial score (nSPS) is 12.5. The lowest BCUT2D eigenvalue weighted by atomic mass is 10.1. The van der Waals surface area contributed by atoms with Crippen molar-refractivity contribution >= 4 is 17.9 Å². The average molecular weight is 715 g/mol.